The van der Waals surface area contributed by atoms with Crippen LogP contribution in [-0.2, 0) is 0 Å². The second-order valence-electron chi connectivity index (χ2n) is 4.40. The number of hydrogen-bond donors (Lipinski definition) is 1. The highest BCUT2D eigenvalue weighted by molar-refractivity contribution is 5.58. The number of para-hydroxylation sites is 3. The van der Waals surface area contributed by atoms with Crippen molar-refractivity contribution in [1.82, 2.24) is 0 Å². The molecule has 20 heavy (non-hydrogen) atoms. The summed E-state index contributed by atoms with van der Waals surface area (Å²) in [7, 11) is 0. The molecule has 1 aliphatic heterocycles. The molecule has 1 atom stereocenters. The molecule has 5 heteroatoms. The molecule has 0 aliphatic carbocycles. The average molecular weight is 277 g/mol. The number of anilines is 1. The second kappa shape index (κ2) is 5.36. The highest BCUT2D eigenvalue weighted by Gasteiger charge is 2.24. The van der Waals surface area contributed by atoms with Gasteiger partial charge in [0.2, 0.25) is 0 Å². The molecule has 3 nitrogen and oxygen atoms in total. The first kappa shape index (κ1) is 12.7. The highest BCUT2D eigenvalue weighted by atomic mass is 19.3. The van der Waals surface area contributed by atoms with Gasteiger partial charge in [-0.25, -0.2) is 0 Å². The Kier molecular flexibility index (Phi) is 3.41. The van der Waals surface area contributed by atoms with Gasteiger partial charge < -0.3 is 14.8 Å². The highest BCUT2D eigenvalue weighted by Crippen LogP contribution is 2.36. The number of alkyl halides is 2. The predicted octanol–water partition coefficient (Wildman–Crippen LogP) is 3.83. The van der Waals surface area contributed by atoms with E-state index in [1.807, 2.05) is 24.3 Å². The van der Waals surface area contributed by atoms with Crippen LogP contribution in [0.15, 0.2) is 48.5 Å². The Morgan fingerprint density at radius 2 is 1.85 bits per heavy atom. The molecule has 2 aromatic rings. The molecule has 0 bridgehead atoms. The summed E-state index contributed by atoms with van der Waals surface area (Å²) >= 11 is 0. The van der Waals surface area contributed by atoms with Crippen LogP contribution < -0.4 is 14.8 Å². The van der Waals surface area contributed by atoms with E-state index in [4.69, 9.17) is 4.74 Å². The molecule has 1 aliphatic rings. The van der Waals surface area contributed by atoms with Crippen molar-refractivity contribution in [1.29, 1.82) is 0 Å². The molecule has 2 aromatic carbocycles. The predicted molar refractivity (Wildman–Crippen MR) is 71.4 cm³/mol. The largest absolute Gasteiger partial charge is 0.482 e. The summed E-state index contributed by atoms with van der Waals surface area (Å²) in [6, 6.07) is 14.2. The van der Waals surface area contributed by atoms with Gasteiger partial charge in [0, 0.05) is 5.56 Å². The van der Waals surface area contributed by atoms with Crippen LogP contribution in [0.2, 0.25) is 0 Å². The Balaban J connectivity index is 1.88. The normalized spacial score (nSPS) is 17.1. The third-order valence-corrected chi connectivity index (χ3v) is 3.12. The zero-order chi connectivity index (χ0) is 13.9. The van der Waals surface area contributed by atoms with Crippen molar-refractivity contribution < 1.29 is 18.3 Å². The van der Waals surface area contributed by atoms with E-state index < -0.39 is 6.61 Å². The Hall–Kier alpha value is -2.30. The summed E-state index contributed by atoms with van der Waals surface area (Å²) < 4.78 is 35.3. The van der Waals surface area contributed by atoms with E-state index in [-0.39, 0.29) is 11.9 Å². The minimum atomic E-state index is -2.85. The van der Waals surface area contributed by atoms with Gasteiger partial charge >= 0.3 is 6.61 Å². The lowest BCUT2D eigenvalue weighted by atomic mass is 10.1. The van der Waals surface area contributed by atoms with E-state index in [9.17, 15) is 8.78 Å². The molecule has 104 valence electrons. The minimum Gasteiger partial charge on any atom is -0.482 e. The van der Waals surface area contributed by atoms with Crippen LogP contribution in [0.5, 0.6) is 11.5 Å². The van der Waals surface area contributed by atoms with Gasteiger partial charge in [0.25, 0.3) is 0 Å². The molecular weight excluding hydrogens is 264 g/mol. The molecule has 3 rings (SSSR count). The number of rotatable bonds is 3. The molecule has 1 N–H and O–H groups in total. The number of ether oxygens (including phenoxy) is 2. The summed E-state index contributed by atoms with van der Waals surface area (Å²) in [5.74, 6) is 0.851. The maximum absolute atomic E-state index is 12.4. The summed E-state index contributed by atoms with van der Waals surface area (Å²) in [5.41, 5.74) is 1.51. The number of hydrogen-bond acceptors (Lipinski definition) is 3. The Morgan fingerprint density at radius 3 is 2.70 bits per heavy atom. The summed E-state index contributed by atoms with van der Waals surface area (Å²) in [6.07, 6.45) is -0.361. The number of benzene rings is 2. The topological polar surface area (TPSA) is 30.5 Å². The smallest absolute Gasteiger partial charge is 0.387 e. The SMILES string of the molecule is FC(F)Oc1ccccc1C1CNc2ccccc2O1. The standard InChI is InChI=1S/C15H13F2NO2/c16-15(17)20-12-7-3-1-5-10(12)14-9-18-11-6-2-4-8-13(11)19-14/h1-8,14-15,18H,9H2. The third-order valence-electron chi connectivity index (χ3n) is 3.12. The molecule has 1 heterocycles. The van der Waals surface area contributed by atoms with Crippen LogP contribution in [-0.4, -0.2) is 13.2 Å². The number of fused-ring (bicyclic) bond motifs is 1. The van der Waals surface area contributed by atoms with E-state index in [0.717, 1.165) is 5.69 Å². The van der Waals surface area contributed by atoms with Crippen molar-refractivity contribution in [2.75, 3.05) is 11.9 Å². The summed E-state index contributed by atoms with van der Waals surface area (Å²) in [5, 5.41) is 3.22. The molecule has 0 saturated carbocycles. The van der Waals surface area contributed by atoms with Crippen molar-refractivity contribution in [3.63, 3.8) is 0 Å². The molecular formula is C15H13F2NO2. The number of nitrogens with one attached hydrogen (secondary N) is 1. The van der Waals surface area contributed by atoms with Gasteiger partial charge in [-0.05, 0) is 18.2 Å². The molecule has 0 spiro atoms. The lowest BCUT2D eigenvalue weighted by Gasteiger charge is -2.28. The van der Waals surface area contributed by atoms with Crippen molar-refractivity contribution in [3.8, 4) is 11.5 Å². The van der Waals surface area contributed by atoms with Crippen molar-refractivity contribution in [2.24, 2.45) is 0 Å². The monoisotopic (exact) mass is 277 g/mol. The molecule has 0 amide bonds. The molecule has 1 unspecified atom stereocenters. The van der Waals surface area contributed by atoms with E-state index >= 15 is 0 Å². The van der Waals surface area contributed by atoms with Crippen LogP contribution in [0.1, 0.15) is 11.7 Å². The lowest BCUT2D eigenvalue weighted by molar-refractivity contribution is -0.0513. The second-order valence-corrected chi connectivity index (χ2v) is 4.40. The quantitative estimate of drug-likeness (QED) is 0.924. The first-order valence-corrected chi connectivity index (χ1v) is 6.27. The van der Waals surface area contributed by atoms with Crippen LogP contribution in [0.3, 0.4) is 0 Å². The van der Waals surface area contributed by atoms with E-state index in [1.54, 1.807) is 18.2 Å². The molecule has 0 saturated heterocycles. The van der Waals surface area contributed by atoms with Gasteiger partial charge in [-0.15, -0.1) is 0 Å². The van der Waals surface area contributed by atoms with Crippen molar-refractivity contribution in [3.05, 3.63) is 54.1 Å². The Morgan fingerprint density at radius 1 is 1.10 bits per heavy atom. The lowest BCUT2D eigenvalue weighted by Crippen LogP contribution is -2.24. The zero-order valence-electron chi connectivity index (χ0n) is 10.6. The Labute approximate surface area is 115 Å². The van der Waals surface area contributed by atoms with Gasteiger partial charge in [0.15, 0.2) is 0 Å². The third kappa shape index (κ3) is 2.52. The first-order chi connectivity index (χ1) is 9.74. The van der Waals surface area contributed by atoms with Crippen LogP contribution in [0.25, 0.3) is 0 Å². The van der Waals surface area contributed by atoms with Crippen molar-refractivity contribution >= 4 is 5.69 Å². The molecule has 0 aromatic heterocycles. The maximum Gasteiger partial charge on any atom is 0.387 e. The Bertz CT molecular complexity index is 604. The fourth-order valence-corrected chi connectivity index (χ4v) is 2.24. The van der Waals surface area contributed by atoms with Crippen molar-refractivity contribution in [2.45, 2.75) is 12.7 Å². The van der Waals surface area contributed by atoms with Gasteiger partial charge in [-0.2, -0.15) is 8.78 Å². The van der Waals surface area contributed by atoms with Crippen LogP contribution >= 0.6 is 0 Å². The van der Waals surface area contributed by atoms with Crippen LogP contribution in [0.4, 0.5) is 14.5 Å². The first-order valence-electron chi connectivity index (χ1n) is 6.27. The average Bonchev–Trinajstić information content (AvgIpc) is 2.47. The van der Waals surface area contributed by atoms with Gasteiger partial charge in [0.1, 0.15) is 17.6 Å². The van der Waals surface area contributed by atoms with Gasteiger partial charge in [-0.1, -0.05) is 30.3 Å². The van der Waals surface area contributed by atoms with E-state index in [2.05, 4.69) is 10.1 Å². The zero-order valence-corrected chi connectivity index (χ0v) is 10.6. The van der Waals surface area contributed by atoms with E-state index in [1.165, 1.54) is 6.07 Å². The van der Waals surface area contributed by atoms with E-state index in [0.29, 0.717) is 17.9 Å². The van der Waals surface area contributed by atoms with Crippen LogP contribution in [0, 0.1) is 0 Å². The maximum atomic E-state index is 12.4. The summed E-state index contributed by atoms with van der Waals surface area (Å²) in [6.45, 7) is -2.35. The minimum absolute atomic E-state index is 0.147. The van der Waals surface area contributed by atoms with Gasteiger partial charge in [0.05, 0.1) is 12.2 Å². The molecule has 0 fully saturated rings. The summed E-state index contributed by atoms with van der Waals surface area (Å²) in [4.78, 5) is 0. The fourth-order valence-electron chi connectivity index (χ4n) is 2.24. The van der Waals surface area contributed by atoms with Gasteiger partial charge in [-0.3, -0.25) is 0 Å². The number of halogens is 2. The fraction of sp³-hybridized carbons (Fsp3) is 0.200. The molecule has 0 radical (unpaired) electrons.